The minimum absolute atomic E-state index is 0.302. The van der Waals surface area contributed by atoms with Crippen LogP contribution in [-0.2, 0) is 13.0 Å². The molecular formula is C12H20N2S. The number of hydrogen-bond donors (Lipinski definition) is 2. The van der Waals surface area contributed by atoms with Gasteiger partial charge in [-0.3, -0.25) is 0 Å². The number of nitrogens with one attached hydrogen (secondary N) is 2. The Morgan fingerprint density at radius 3 is 2.87 bits per heavy atom. The van der Waals surface area contributed by atoms with E-state index in [-0.39, 0.29) is 0 Å². The van der Waals surface area contributed by atoms with Crippen molar-refractivity contribution in [3.63, 3.8) is 0 Å². The highest BCUT2D eigenvalue weighted by Gasteiger charge is 2.27. The molecule has 1 aromatic rings. The van der Waals surface area contributed by atoms with Gasteiger partial charge in [-0.2, -0.15) is 0 Å². The van der Waals surface area contributed by atoms with Gasteiger partial charge < -0.3 is 10.6 Å². The summed E-state index contributed by atoms with van der Waals surface area (Å²) in [5.41, 5.74) is 0.302. The summed E-state index contributed by atoms with van der Waals surface area (Å²) in [6, 6.07) is 4.50. The molecule has 0 saturated carbocycles. The fourth-order valence-electron chi connectivity index (χ4n) is 1.98. The second kappa shape index (κ2) is 4.64. The molecule has 1 fully saturated rings. The van der Waals surface area contributed by atoms with Crippen LogP contribution in [-0.4, -0.2) is 18.6 Å². The Labute approximate surface area is 96.1 Å². The lowest BCUT2D eigenvalue weighted by molar-refractivity contribution is 0.387. The van der Waals surface area contributed by atoms with Gasteiger partial charge in [-0.1, -0.05) is 6.92 Å². The quantitative estimate of drug-likeness (QED) is 0.819. The third kappa shape index (κ3) is 2.80. The van der Waals surface area contributed by atoms with E-state index in [1.165, 1.54) is 16.2 Å². The molecule has 0 aromatic carbocycles. The molecule has 2 rings (SSSR count). The van der Waals surface area contributed by atoms with Crippen LogP contribution in [0.5, 0.6) is 0 Å². The Balaban J connectivity index is 1.87. The molecule has 2 nitrogen and oxygen atoms in total. The van der Waals surface area contributed by atoms with E-state index in [9.17, 15) is 0 Å². The van der Waals surface area contributed by atoms with Crippen LogP contribution in [0.2, 0.25) is 0 Å². The third-order valence-electron chi connectivity index (χ3n) is 3.12. The van der Waals surface area contributed by atoms with Crippen molar-refractivity contribution in [3.05, 3.63) is 21.9 Å². The minimum Gasteiger partial charge on any atom is -0.315 e. The molecule has 0 radical (unpaired) electrons. The lowest BCUT2D eigenvalue weighted by atomic mass is 10.0. The van der Waals surface area contributed by atoms with Gasteiger partial charge in [-0.05, 0) is 38.4 Å². The lowest BCUT2D eigenvalue weighted by Gasteiger charge is -2.24. The molecule has 0 aliphatic carbocycles. The zero-order valence-electron chi connectivity index (χ0n) is 9.60. The van der Waals surface area contributed by atoms with Crippen LogP contribution in [0.3, 0.4) is 0 Å². The monoisotopic (exact) mass is 224 g/mol. The van der Waals surface area contributed by atoms with Gasteiger partial charge in [0.05, 0.1) is 0 Å². The first kappa shape index (κ1) is 11.1. The van der Waals surface area contributed by atoms with Crippen LogP contribution >= 0.6 is 11.3 Å². The van der Waals surface area contributed by atoms with E-state index in [0.29, 0.717) is 5.54 Å². The summed E-state index contributed by atoms with van der Waals surface area (Å²) < 4.78 is 0. The average Bonchev–Trinajstić information content (AvgIpc) is 2.84. The highest BCUT2D eigenvalue weighted by atomic mass is 32.1. The van der Waals surface area contributed by atoms with E-state index in [1.807, 2.05) is 11.3 Å². The third-order valence-corrected chi connectivity index (χ3v) is 4.35. The highest BCUT2D eigenvalue weighted by Crippen LogP contribution is 2.19. The SMILES string of the molecule is CCc1ccc(CNC2(C)CCNC2)s1. The maximum Gasteiger partial charge on any atom is 0.0305 e. The molecule has 15 heavy (non-hydrogen) atoms. The van der Waals surface area contributed by atoms with E-state index in [2.05, 4.69) is 36.6 Å². The first-order valence-corrected chi connectivity index (χ1v) is 6.57. The van der Waals surface area contributed by atoms with Gasteiger partial charge in [0.2, 0.25) is 0 Å². The van der Waals surface area contributed by atoms with Gasteiger partial charge in [0.15, 0.2) is 0 Å². The molecule has 1 aliphatic rings. The molecule has 0 bridgehead atoms. The standard InChI is InChI=1S/C12H20N2S/c1-3-10-4-5-11(15-10)8-14-12(2)6-7-13-9-12/h4-5,13-14H,3,6-9H2,1-2H3. The fourth-order valence-corrected chi connectivity index (χ4v) is 2.87. The molecule has 1 saturated heterocycles. The number of hydrogen-bond acceptors (Lipinski definition) is 3. The Morgan fingerprint density at radius 2 is 2.27 bits per heavy atom. The molecule has 1 aromatic heterocycles. The first-order valence-electron chi connectivity index (χ1n) is 5.75. The molecule has 3 heteroatoms. The van der Waals surface area contributed by atoms with Gasteiger partial charge in [-0.15, -0.1) is 11.3 Å². The summed E-state index contributed by atoms with van der Waals surface area (Å²) in [5.74, 6) is 0. The smallest absolute Gasteiger partial charge is 0.0305 e. The van der Waals surface area contributed by atoms with Crippen molar-refractivity contribution in [2.45, 2.75) is 38.8 Å². The Hall–Kier alpha value is -0.380. The molecule has 2 heterocycles. The summed E-state index contributed by atoms with van der Waals surface area (Å²) in [4.78, 5) is 2.95. The molecule has 0 spiro atoms. The van der Waals surface area contributed by atoms with Crippen molar-refractivity contribution < 1.29 is 0 Å². The van der Waals surface area contributed by atoms with Crippen molar-refractivity contribution in [1.82, 2.24) is 10.6 Å². The summed E-state index contributed by atoms with van der Waals surface area (Å²) in [6.45, 7) is 7.78. The first-order chi connectivity index (χ1) is 7.22. The molecule has 84 valence electrons. The molecular weight excluding hydrogens is 204 g/mol. The normalized spacial score (nSPS) is 26.0. The van der Waals surface area contributed by atoms with Crippen molar-refractivity contribution >= 4 is 11.3 Å². The summed E-state index contributed by atoms with van der Waals surface area (Å²) in [7, 11) is 0. The highest BCUT2D eigenvalue weighted by molar-refractivity contribution is 7.11. The van der Waals surface area contributed by atoms with E-state index in [1.54, 1.807) is 0 Å². The zero-order chi connectivity index (χ0) is 10.7. The average molecular weight is 224 g/mol. The van der Waals surface area contributed by atoms with E-state index < -0.39 is 0 Å². The molecule has 1 atom stereocenters. The molecule has 2 N–H and O–H groups in total. The Morgan fingerprint density at radius 1 is 1.47 bits per heavy atom. The van der Waals surface area contributed by atoms with Crippen LogP contribution < -0.4 is 10.6 Å². The maximum absolute atomic E-state index is 3.66. The van der Waals surface area contributed by atoms with Crippen LogP contribution in [0.4, 0.5) is 0 Å². The summed E-state index contributed by atoms with van der Waals surface area (Å²) in [5, 5.41) is 7.07. The summed E-state index contributed by atoms with van der Waals surface area (Å²) >= 11 is 1.93. The van der Waals surface area contributed by atoms with Crippen LogP contribution in [0.25, 0.3) is 0 Å². The number of aryl methyl sites for hydroxylation is 1. The molecule has 1 unspecified atom stereocenters. The van der Waals surface area contributed by atoms with Crippen molar-refractivity contribution in [3.8, 4) is 0 Å². The maximum atomic E-state index is 3.66. The predicted molar refractivity (Wildman–Crippen MR) is 66.4 cm³/mol. The lowest BCUT2D eigenvalue weighted by Crippen LogP contribution is -2.43. The van der Waals surface area contributed by atoms with Crippen molar-refractivity contribution in [2.24, 2.45) is 0 Å². The Bertz CT molecular complexity index is 313. The van der Waals surface area contributed by atoms with Gasteiger partial charge in [0.25, 0.3) is 0 Å². The van der Waals surface area contributed by atoms with E-state index >= 15 is 0 Å². The number of thiophene rings is 1. The second-order valence-electron chi connectivity index (χ2n) is 4.56. The molecule has 1 aliphatic heterocycles. The van der Waals surface area contributed by atoms with Crippen molar-refractivity contribution in [1.29, 1.82) is 0 Å². The van der Waals surface area contributed by atoms with E-state index in [4.69, 9.17) is 0 Å². The van der Waals surface area contributed by atoms with Crippen LogP contribution in [0.15, 0.2) is 12.1 Å². The van der Waals surface area contributed by atoms with Crippen LogP contribution in [0, 0.1) is 0 Å². The fraction of sp³-hybridized carbons (Fsp3) is 0.667. The Kier molecular flexibility index (Phi) is 3.44. The van der Waals surface area contributed by atoms with Gasteiger partial charge >= 0.3 is 0 Å². The summed E-state index contributed by atoms with van der Waals surface area (Å²) in [6.07, 6.45) is 2.39. The zero-order valence-corrected chi connectivity index (χ0v) is 10.4. The van der Waals surface area contributed by atoms with Gasteiger partial charge in [-0.25, -0.2) is 0 Å². The van der Waals surface area contributed by atoms with Crippen LogP contribution in [0.1, 0.15) is 30.0 Å². The number of rotatable bonds is 4. The molecule has 0 amide bonds. The van der Waals surface area contributed by atoms with E-state index in [0.717, 1.165) is 26.1 Å². The van der Waals surface area contributed by atoms with Gasteiger partial charge in [0, 0.05) is 28.4 Å². The largest absolute Gasteiger partial charge is 0.315 e. The van der Waals surface area contributed by atoms with Crippen molar-refractivity contribution in [2.75, 3.05) is 13.1 Å². The second-order valence-corrected chi connectivity index (χ2v) is 5.82. The minimum atomic E-state index is 0.302. The van der Waals surface area contributed by atoms with Gasteiger partial charge in [0.1, 0.15) is 0 Å². The topological polar surface area (TPSA) is 24.1 Å². The predicted octanol–water partition coefficient (Wildman–Crippen LogP) is 2.15.